The number of hydrogen-bond acceptors (Lipinski definition) is 2. The quantitative estimate of drug-likeness (QED) is 0.728. The third-order valence-electron chi connectivity index (χ3n) is 4.53. The van der Waals surface area contributed by atoms with Gasteiger partial charge in [0.1, 0.15) is 0 Å². The Hall–Kier alpha value is -0.340. The number of aliphatic hydroxyl groups excluding tert-OH is 1. The van der Waals surface area contributed by atoms with E-state index in [1.165, 1.54) is 44.1 Å². The van der Waals surface area contributed by atoms with E-state index in [1.54, 1.807) is 0 Å². The Morgan fingerprint density at radius 3 is 2.75 bits per heavy atom. The summed E-state index contributed by atoms with van der Waals surface area (Å²) in [5, 5.41) is 9.46. The molecular weight excluding hydrogens is 200 g/mol. The average molecular weight is 222 g/mol. The normalized spacial score (nSPS) is 37.2. The van der Waals surface area contributed by atoms with Gasteiger partial charge in [-0.05, 0) is 44.9 Å². The first-order valence-electron chi connectivity index (χ1n) is 6.81. The van der Waals surface area contributed by atoms with E-state index < -0.39 is 0 Å². The van der Waals surface area contributed by atoms with Gasteiger partial charge in [0.15, 0.2) is 0 Å². The molecule has 2 heteroatoms. The van der Waals surface area contributed by atoms with E-state index in [0.29, 0.717) is 6.10 Å². The Kier molecular flexibility index (Phi) is 2.80. The van der Waals surface area contributed by atoms with Crippen LogP contribution in [0.25, 0.3) is 0 Å². The van der Waals surface area contributed by atoms with Crippen molar-refractivity contribution in [2.75, 3.05) is 0 Å². The van der Waals surface area contributed by atoms with Crippen molar-refractivity contribution < 1.29 is 9.84 Å². The molecule has 2 aliphatic carbocycles. The highest BCUT2D eigenvalue weighted by Gasteiger charge is 2.42. The van der Waals surface area contributed by atoms with Crippen molar-refractivity contribution >= 4 is 0 Å². The molecule has 1 saturated heterocycles. The lowest BCUT2D eigenvalue weighted by Crippen LogP contribution is -2.24. The van der Waals surface area contributed by atoms with Crippen LogP contribution < -0.4 is 0 Å². The van der Waals surface area contributed by atoms with Crippen molar-refractivity contribution in [2.45, 2.75) is 75.6 Å². The van der Waals surface area contributed by atoms with Gasteiger partial charge in [-0.2, -0.15) is 0 Å². The largest absolute Gasteiger partial charge is 0.389 e. The first-order chi connectivity index (χ1) is 7.76. The Balaban J connectivity index is 1.56. The van der Waals surface area contributed by atoms with Gasteiger partial charge in [-0.1, -0.05) is 24.5 Å². The van der Waals surface area contributed by atoms with Crippen LogP contribution in [0.5, 0.6) is 0 Å². The lowest BCUT2D eigenvalue weighted by Gasteiger charge is -2.24. The molecule has 1 heterocycles. The predicted molar refractivity (Wildman–Crippen MR) is 63.2 cm³/mol. The number of hydrogen-bond donors (Lipinski definition) is 1. The zero-order valence-corrected chi connectivity index (χ0v) is 9.95. The molecule has 1 N–H and O–H groups in total. The van der Waals surface area contributed by atoms with Crippen LogP contribution in [-0.2, 0) is 4.74 Å². The van der Waals surface area contributed by atoms with Crippen LogP contribution in [0.3, 0.4) is 0 Å². The smallest absolute Gasteiger partial charge is 0.0726 e. The Bertz CT molecular complexity index is 289. The first kappa shape index (κ1) is 10.8. The van der Waals surface area contributed by atoms with Gasteiger partial charge >= 0.3 is 0 Å². The zero-order chi connectivity index (χ0) is 11.0. The topological polar surface area (TPSA) is 29.5 Å². The standard InChI is InChI=1S/C14H22O2/c15-12-4-3-11(9-12)10-13-5-8-14(16-13)6-1-2-7-14/h9,12-13,15H,1-8,10H2. The van der Waals surface area contributed by atoms with Crippen molar-refractivity contribution in [1.82, 2.24) is 0 Å². The number of aliphatic hydroxyl groups is 1. The Morgan fingerprint density at radius 2 is 2.06 bits per heavy atom. The summed E-state index contributed by atoms with van der Waals surface area (Å²) in [5.74, 6) is 0. The summed E-state index contributed by atoms with van der Waals surface area (Å²) < 4.78 is 6.28. The van der Waals surface area contributed by atoms with Gasteiger partial charge in [-0.3, -0.25) is 0 Å². The minimum atomic E-state index is -0.183. The molecular formula is C14H22O2. The second-order valence-electron chi connectivity index (χ2n) is 5.80. The van der Waals surface area contributed by atoms with Crippen LogP contribution in [0.4, 0.5) is 0 Å². The van der Waals surface area contributed by atoms with Gasteiger partial charge in [0, 0.05) is 0 Å². The van der Waals surface area contributed by atoms with Crippen LogP contribution in [0.1, 0.15) is 57.8 Å². The second-order valence-corrected chi connectivity index (χ2v) is 5.80. The molecule has 0 radical (unpaired) electrons. The summed E-state index contributed by atoms with van der Waals surface area (Å²) in [6.07, 6.45) is 13.1. The predicted octanol–water partition coefficient (Wildman–Crippen LogP) is 2.95. The van der Waals surface area contributed by atoms with Crippen LogP contribution >= 0.6 is 0 Å². The van der Waals surface area contributed by atoms with Gasteiger partial charge in [0.2, 0.25) is 0 Å². The highest BCUT2D eigenvalue weighted by Crippen LogP contribution is 2.44. The molecule has 1 saturated carbocycles. The molecule has 2 atom stereocenters. The third-order valence-corrected chi connectivity index (χ3v) is 4.53. The third kappa shape index (κ3) is 2.05. The number of rotatable bonds is 2. The molecule has 0 bridgehead atoms. The van der Waals surface area contributed by atoms with Crippen LogP contribution in [0, 0.1) is 0 Å². The van der Waals surface area contributed by atoms with E-state index in [9.17, 15) is 5.11 Å². The monoisotopic (exact) mass is 222 g/mol. The van der Waals surface area contributed by atoms with Gasteiger partial charge in [-0.25, -0.2) is 0 Å². The van der Waals surface area contributed by atoms with Crippen molar-refractivity contribution in [3.63, 3.8) is 0 Å². The summed E-state index contributed by atoms with van der Waals surface area (Å²) in [6, 6.07) is 0. The number of ether oxygens (including phenoxy) is 1. The lowest BCUT2D eigenvalue weighted by molar-refractivity contribution is -0.0356. The molecule has 0 aromatic carbocycles. The summed E-state index contributed by atoms with van der Waals surface area (Å²) in [7, 11) is 0. The maximum atomic E-state index is 9.46. The minimum Gasteiger partial charge on any atom is -0.389 e. The molecule has 3 rings (SSSR count). The van der Waals surface area contributed by atoms with E-state index in [4.69, 9.17) is 4.74 Å². The molecule has 2 nitrogen and oxygen atoms in total. The molecule has 0 amide bonds. The van der Waals surface area contributed by atoms with Crippen molar-refractivity contribution in [2.24, 2.45) is 0 Å². The molecule has 1 spiro atoms. The summed E-state index contributed by atoms with van der Waals surface area (Å²) >= 11 is 0. The van der Waals surface area contributed by atoms with E-state index in [1.807, 2.05) is 6.08 Å². The molecule has 2 fully saturated rings. The van der Waals surface area contributed by atoms with E-state index in [0.717, 1.165) is 19.3 Å². The fourth-order valence-corrected chi connectivity index (χ4v) is 3.66. The highest BCUT2D eigenvalue weighted by atomic mass is 16.5. The maximum Gasteiger partial charge on any atom is 0.0726 e. The fourth-order valence-electron chi connectivity index (χ4n) is 3.66. The molecule has 90 valence electrons. The fraction of sp³-hybridized carbons (Fsp3) is 0.857. The molecule has 1 aliphatic heterocycles. The molecule has 2 unspecified atom stereocenters. The van der Waals surface area contributed by atoms with Crippen LogP contribution in [0.15, 0.2) is 11.6 Å². The van der Waals surface area contributed by atoms with Crippen molar-refractivity contribution in [3.05, 3.63) is 11.6 Å². The van der Waals surface area contributed by atoms with Gasteiger partial charge in [0.25, 0.3) is 0 Å². The first-order valence-corrected chi connectivity index (χ1v) is 6.81. The van der Waals surface area contributed by atoms with E-state index in [-0.39, 0.29) is 11.7 Å². The second kappa shape index (κ2) is 4.15. The summed E-state index contributed by atoms with van der Waals surface area (Å²) in [4.78, 5) is 0. The highest BCUT2D eigenvalue weighted by molar-refractivity contribution is 5.13. The lowest BCUT2D eigenvalue weighted by atomic mass is 9.97. The SMILES string of the molecule is OC1C=C(CC2CCC3(CCCC3)O2)CC1. The molecule has 0 aromatic heterocycles. The summed E-state index contributed by atoms with van der Waals surface area (Å²) in [5.41, 5.74) is 1.69. The Morgan fingerprint density at radius 1 is 1.25 bits per heavy atom. The van der Waals surface area contributed by atoms with Gasteiger partial charge in [-0.15, -0.1) is 0 Å². The average Bonchev–Trinajstić information content (AvgIpc) is 2.94. The summed E-state index contributed by atoms with van der Waals surface area (Å²) in [6.45, 7) is 0. The van der Waals surface area contributed by atoms with Crippen molar-refractivity contribution in [3.8, 4) is 0 Å². The zero-order valence-electron chi connectivity index (χ0n) is 9.95. The van der Waals surface area contributed by atoms with Crippen molar-refractivity contribution in [1.29, 1.82) is 0 Å². The van der Waals surface area contributed by atoms with Gasteiger partial charge < -0.3 is 9.84 Å². The van der Waals surface area contributed by atoms with E-state index >= 15 is 0 Å². The minimum absolute atomic E-state index is 0.183. The van der Waals surface area contributed by atoms with Gasteiger partial charge in [0.05, 0.1) is 17.8 Å². The Labute approximate surface area is 97.7 Å². The molecule has 16 heavy (non-hydrogen) atoms. The molecule has 3 aliphatic rings. The van der Waals surface area contributed by atoms with Crippen LogP contribution in [-0.4, -0.2) is 22.9 Å². The maximum absolute atomic E-state index is 9.46. The van der Waals surface area contributed by atoms with E-state index in [2.05, 4.69) is 0 Å². The molecule has 0 aromatic rings. The van der Waals surface area contributed by atoms with Crippen LogP contribution in [0.2, 0.25) is 0 Å².